The molecule has 3 rings (SSSR count). The van der Waals surface area contributed by atoms with Crippen LogP contribution in [0, 0.1) is 0 Å². The summed E-state index contributed by atoms with van der Waals surface area (Å²) in [6.45, 7) is 5.76. The average Bonchev–Trinajstić information content (AvgIpc) is 3.16. The van der Waals surface area contributed by atoms with Crippen LogP contribution in [0.1, 0.15) is 44.3 Å². The highest BCUT2D eigenvalue weighted by Gasteiger charge is 2.35. The molecular weight excluding hydrogens is 282 g/mol. The molecule has 0 aromatic carbocycles. The zero-order chi connectivity index (χ0) is 15.5. The maximum absolute atomic E-state index is 11.5. The standard InChI is InChI=1S/C15H25N5O2/c1-2-14-17-13(18-22-14)10-19-8-5-11(6-9-19)20-7-3-4-12(20)15(16)21/h11-12H,2-10H2,1H3,(H2,16,21)/t12-/m0/s1. The Labute approximate surface area is 130 Å². The van der Waals surface area contributed by atoms with Gasteiger partial charge in [0.2, 0.25) is 11.8 Å². The van der Waals surface area contributed by atoms with Crippen LogP contribution in [0.15, 0.2) is 4.52 Å². The number of piperidine rings is 1. The molecule has 2 aliphatic rings. The largest absolute Gasteiger partial charge is 0.368 e. The van der Waals surface area contributed by atoms with E-state index >= 15 is 0 Å². The summed E-state index contributed by atoms with van der Waals surface area (Å²) in [7, 11) is 0. The fourth-order valence-corrected chi connectivity index (χ4v) is 3.64. The van der Waals surface area contributed by atoms with Crippen LogP contribution < -0.4 is 5.73 Å². The lowest BCUT2D eigenvalue weighted by Gasteiger charge is -2.38. The third-order valence-corrected chi connectivity index (χ3v) is 4.83. The minimum atomic E-state index is -0.168. The first kappa shape index (κ1) is 15.4. The van der Waals surface area contributed by atoms with Gasteiger partial charge in [0.15, 0.2) is 5.82 Å². The number of carbonyl (C=O) groups is 1. The Morgan fingerprint density at radius 1 is 1.32 bits per heavy atom. The van der Waals surface area contributed by atoms with Gasteiger partial charge in [0.1, 0.15) is 0 Å². The van der Waals surface area contributed by atoms with Crippen molar-refractivity contribution in [1.29, 1.82) is 0 Å². The van der Waals surface area contributed by atoms with Crippen molar-refractivity contribution >= 4 is 5.91 Å². The molecule has 2 fully saturated rings. The van der Waals surface area contributed by atoms with Gasteiger partial charge in [0, 0.05) is 25.6 Å². The number of nitrogens with zero attached hydrogens (tertiary/aromatic N) is 4. The summed E-state index contributed by atoms with van der Waals surface area (Å²) in [6.07, 6.45) is 4.91. The van der Waals surface area contributed by atoms with Crippen molar-refractivity contribution in [2.45, 2.75) is 57.7 Å². The highest BCUT2D eigenvalue weighted by Crippen LogP contribution is 2.26. The van der Waals surface area contributed by atoms with Gasteiger partial charge in [-0.25, -0.2) is 0 Å². The smallest absolute Gasteiger partial charge is 0.234 e. The van der Waals surface area contributed by atoms with Crippen LogP contribution in [0.5, 0.6) is 0 Å². The van der Waals surface area contributed by atoms with Crippen molar-refractivity contribution in [2.24, 2.45) is 5.73 Å². The number of rotatable bonds is 5. The molecule has 0 spiro atoms. The number of amides is 1. The highest BCUT2D eigenvalue weighted by molar-refractivity contribution is 5.80. The maximum atomic E-state index is 11.5. The van der Waals surface area contributed by atoms with E-state index in [1.807, 2.05) is 6.92 Å². The molecule has 0 bridgehead atoms. The zero-order valence-electron chi connectivity index (χ0n) is 13.2. The van der Waals surface area contributed by atoms with Crippen molar-refractivity contribution in [1.82, 2.24) is 19.9 Å². The minimum Gasteiger partial charge on any atom is -0.368 e. The van der Waals surface area contributed by atoms with E-state index in [-0.39, 0.29) is 11.9 Å². The van der Waals surface area contributed by atoms with Crippen molar-refractivity contribution in [3.63, 3.8) is 0 Å². The summed E-state index contributed by atoms with van der Waals surface area (Å²) < 4.78 is 5.15. The summed E-state index contributed by atoms with van der Waals surface area (Å²) in [5.41, 5.74) is 5.52. The molecule has 7 heteroatoms. The number of nitrogens with two attached hydrogens (primary N) is 1. The quantitative estimate of drug-likeness (QED) is 0.854. The van der Waals surface area contributed by atoms with Crippen molar-refractivity contribution in [3.05, 3.63) is 11.7 Å². The molecule has 122 valence electrons. The van der Waals surface area contributed by atoms with E-state index in [0.29, 0.717) is 11.9 Å². The van der Waals surface area contributed by atoms with E-state index in [4.69, 9.17) is 10.3 Å². The van der Waals surface area contributed by atoms with E-state index in [1.54, 1.807) is 0 Å². The molecule has 1 atom stereocenters. The third-order valence-electron chi connectivity index (χ3n) is 4.83. The van der Waals surface area contributed by atoms with E-state index in [9.17, 15) is 4.79 Å². The first-order chi connectivity index (χ1) is 10.7. The second-order valence-corrected chi connectivity index (χ2v) is 6.26. The fourth-order valence-electron chi connectivity index (χ4n) is 3.64. The molecule has 0 aliphatic carbocycles. The molecule has 7 nitrogen and oxygen atoms in total. The zero-order valence-corrected chi connectivity index (χ0v) is 13.2. The number of hydrogen-bond donors (Lipinski definition) is 1. The Hall–Kier alpha value is -1.47. The molecule has 2 aliphatic heterocycles. The van der Waals surface area contributed by atoms with E-state index in [1.165, 1.54) is 0 Å². The van der Waals surface area contributed by atoms with Crippen LogP contribution in [-0.2, 0) is 17.8 Å². The lowest BCUT2D eigenvalue weighted by atomic mass is 10.0. The second-order valence-electron chi connectivity index (χ2n) is 6.26. The van der Waals surface area contributed by atoms with Gasteiger partial charge in [-0.2, -0.15) is 4.98 Å². The number of hydrogen-bond acceptors (Lipinski definition) is 6. The summed E-state index contributed by atoms with van der Waals surface area (Å²) in [4.78, 5) is 20.6. The van der Waals surface area contributed by atoms with Gasteiger partial charge >= 0.3 is 0 Å². The van der Waals surface area contributed by atoms with E-state index < -0.39 is 0 Å². The lowest BCUT2D eigenvalue weighted by Crippen LogP contribution is -2.50. The van der Waals surface area contributed by atoms with Gasteiger partial charge in [-0.15, -0.1) is 0 Å². The normalized spacial score (nSPS) is 24.9. The van der Waals surface area contributed by atoms with Gasteiger partial charge in [-0.05, 0) is 32.2 Å². The molecule has 1 aromatic heterocycles. The van der Waals surface area contributed by atoms with E-state index in [0.717, 1.165) is 64.1 Å². The summed E-state index contributed by atoms with van der Waals surface area (Å²) in [6, 6.07) is 0.425. The van der Waals surface area contributed by atoms with Gasteiger partial charge in [0.25, 0.3) is 0 Å². The van der Waals surface area contributed by atoms with Gasteiger partial charge in [-0.3, -0.25) is 14.6 Å². The first-order valence-corrected chi connectivity index (χ1v) is 8.26. The molecule has 22 heavy (non-hydrogen) atoms. The summed E-state index contributed by atoms with van der Waals surface area (Å²) in [5, 5.41) is 4.01. The monoisotopic (exact) mass is 307 g/mol. The van der Waals surface area contributed by atoms with Crippen LogP contribution in [-0.4, -0.2) is 57.6 Å². The molecular formula is C15H25N5O2. The van der Waals surface area contributed by atoms with Crippen molar-refractivity contribution < 1.29 is 9.32 Å². The lowest BCUT2D eigenvalue weighted by molar-refractivity contribution is -0.123. The minimum absolute atomic E-state index is 0.0548. The van der Waals surface area contributed by atoms with Crippen molar-refractivity contribution in [2.75, 3.05) is 19.6 Å². The third kappa shape index (κ3) is 3.30. The van der Waals surface area contributed by atoms with Crippen LogP contribution in [0.25, 0.3) is 0 Å². The Morgan fingerprint density at radius 3 is 2.73 bits per heavy atom. The number of likely N-dealkylation sites (tertiary alicyclic amines) is 2. The number of primary amides is 1. The first-order valence-electron chi connectivity index (χ1n) is 8.26. The van der Waals surface area contributed by atoms with Gasteiger partial charge in [0.05, 0.1) is 12.6 Å². The van der Waals surface area contributed by atoms with E-state index in [2.05, 4.69) is 19.9 Å². The van der Waals surface area contributed by atoms with Gasteiger partial charge in [-0.1, -0.05) is 12.1 Å². The molecule has 1 amide bonds. The molecule has 2 saturated heterocycles. The predicted octanol–water partition coefficient (Wildman–Crippen LogP) is 0.546. The average molecular weight is 307 g/mol. The molecule has 2 N–H and O–H groups in total. The van der Waals surface area contributed by atoms with Crippen molar-refractivity contribution in [3.8, 4) is 0 Å². The van der Waals surface area contributed by atoms with Crippen LogP contribution in [0.2, 0.25) is 0 Å². The molecule has 0 saturated carbocycles. The highest BCUT2D eigenvalue weighted by atomic mass is 16.5. The Kier molecular flexibility index (Phi) is 4.73. The topological polar surface area (TPSA) is 88.5 Å². The molecule has 0 radical (unpaired) electrons. The van der Waals surface area contributed by atoms with Crippen LogP contribution in [0.4, 0.5) is 0 Å². The molecule has 3 heterocycles. The Bertz CT molecular complexity index is 510. The Balaban J connectivity index is 1.51. The van der Waals surface area contributed by atoms with Crippen LogP contribution >= 0.6 is 0 Å². The summed E-state index contributed by atoms with van der Waals surface area (Å²) in [5.74, 6) is 1.30. The molecule has 0 unspecified atom stereocenters. The number of carbonyl (C=O) groups excluding carboxylic acids is 1. The maximum Gasteiger partial charge on any atom is 0.234 e. The predicted molar refractivity (Wildman–Crippen MR) is 80.9 cm³/mol. The number of aryl methyl sites for hydroxylation is 1. The fraction of sp³-hybridized carbons (Fsp3) is 0.800. The molecule has 1 aromatic rings. The summed E-state index contributed by atoms with van der Waals surface area (Å²) >= 11 is 0. The second kappa shape index (κ2) is 6.75. The SMILES string of the molecule is CCc1nc(CN2CCC(N3CCC[C@H]3C(N)=O)CC2)no1. The van der Waals surface area contributed by atoms with Crippen LogP contribution in [0.3, 0.4) is 0 Å². The van der Waals surface area contributed by atoms with Gasteiger partial charge < -0.3 is 10.3 Å². The Morgan fingerprint density at radius 2 is 2.09 bits per heavy atom. The number of aromatic nitrogens is 2.